The summed E-state index contributed by atoms with van der Waals surface area (Å²) < 4.78 is 36.8. The lowest BCUT2D eigenvalue weighted by Gasteiger charge is -2.36. The van der Waals surface area contributed by atoms with Crippen LogP contribution in [0, 0.1) is 5.82 Å². The van der Waals surface area contributed by atoms with Gasteiger partial charge in [-0.25, -0.2) is 17.8 Å². The maximum absolute atomic E-state index is 13.1. The molecule has 1 heterocycles. The number of rotatable bonds is 4. The molecule has 0 unspecified atom stereocenters. The molecule has 3 rings (SSSR count). The summed E-state index contributed by atoms with van der Waals surface area (Å²) in [7, 11) is -3.30. The minimum Gasteiger partial charge on any atom is -0.370 e. The summed E-state index contributed by atoms with van der Waals surface area (Å²) >= 11 is 0. The highest BCUT2D eigenvalue weighted by Crippen LogP contribution is 2.18. The van der Waals surface area contributed by atoms with Gasteiger partial charge in [0.2, 0.25) is 0 Å². The highest BCUT2D eigenvalue weighted by molar-refractivity contribution is 7.90. The Balaban J connectivity index is 1.63. The highest BCUT2D eigenvalue weighted by Gasteiger charge is 2.19. The van der Waals surface area contributed by atoms with E-state index in [2.05, 4.69) is 9.89 Å². The van der Waals surface area contributed by atoms with Crippen molar-refractivity contribution in [3.8, 4) is 0 Å². The van der Waals surface area contributed by atoms with Crippen LogP contribution in [0.25, 0.3) is 0 Å². The number of hydrogen-bond acceptors (Lipinski definition) is 4. The van der Waals surface area contributed by atoms with Crippen molar-refractivity contribution in [2.24, 2.45) is 10.7 Å². The maximum atomic E-state index is 13.1. The molecule has 8 heteroatoms. The van der Waals surface area contributed by atoms with Crippen LogP contribution in [-0.2, 0) is 16.4 Å². The molecule has 6 nitrogen and oxygen atoms in total. The fourth-order valence-corrected chi connectivity index (χ4v) is 4.04. The molecule has 0 amide bonds. The Labute approximate surface area is 159 Å². The summed E-state index contributed by atoms with van der Waals surface area (Å²) in [6, 6.07) is 13.3. The third-order valence-electron chi connectivity index (χ3n) is 4.58. The summed E-state index contributed by atoms with van der Waals surface area (Å²) in [5.41, 5.74) is 7.73. The van der Waals surface area contributed by atoms with Gasteiger partial charge in [-0.3, -0.25) is 0 Å². The van der Waals surface area contributed by atoms with E-state index < -0.39 is 9.84 Å². The Bertz CT molecular complexity index is 921. The van der Waals surface area contributed by atoms with Gasteiger partial charge in [0.25, 0.3) is 0 Å². The molecule has 0 radical (unpaired) electrons. The quantitative estimate of drug-likeness (QED) is 0.637. The predicted molar refractivity (Wildman–Crippen MR) is 105 cm³/mol. The molecule has 27 heavy (non-hydrogen) atoms. The number of aliphatic imine (C=N–C) groups is 1. The van der Waals surface area contributed by atoms with Crippen LogP contribution < -0.4 is 10.6 Å². The van der Waals surface area contributed by atoms with E-state index in [0.717, 1.165) is 18.8 Å². The van der Waals surface area contributed by atoms with E-state index in [9.17, 15) is 12.8 Å². The first kappa shape index (κ1) is 19.2. The van der Waals surface area contributed by atoms with Crippen molar-refractivity contribution in [2.45, 2.75) is 11.4 Å². The van der Waals surface area contributed by atoms with Gasteiger partial charge in [0.15, 0.2) is 15.8 Å². The van der Waals surface area contributed by atoms with Crippen LogP contribution in [0.3, 0.4) is 0 Å². The number of nitrogens with two attached hydrogens (primary N) is 1. The van der Waals surface area contributed by atoms with Crippen LogP contribution in [0.2, 0.25) is 0 Å². The summed E-state index contributed by atoms with van der Waals surface area (Å²) in [6.07, 6.45) is 1.19. The zero-order valence-electron chi connectivity index (χ0n) is 15.2. The molecule has 0 bridgehead atoms. The van der Waals surface area contributed by atoms with E-state index in [-0.39, 0.29) is 17.3 Å². The second-order valence-electron chi connectivity index (χ2n) is 6.50. The van der Waals surface area contributed by atoms with Crippen molar-refractivity contribution in [3.05, 3.63) is 59.9 Å². The van der Waals surface area contributed by atoms with Crippen LogP contribution in [0.5, 0.6) is 0 Å². The lowest BCUT2D eigenvalue weighted by molar-refractivity contribution is 0.380. The second-order valence-corrected chi connectivity index (χ2v) is 8.49. The van der Waals surface area contributed by atoms with Gasteiger partial charge < -0.3 is 15.5 Å². The fourth-order valence-electron chi connectivity index (χ4n) is 3.11. The molecule has 0 atom stereocenters. The van der Waals surface area contributed by atoms with Crippen LogP contribution in [0.15, 0.2) is 58.4 Å². The average molecular weight is 390 g/mol. The van der Waals surface area contributed by atoms with Gasteiger partial charge >= 0.3 is 0 Å². The van der Waals surface area contributed by atoms with Gasteiger partial charge in [-0.05, 0) is 35.9 Å². The Morgan fingerprint density at radius 2 is 1.70 bits per heavy atom. The minimum absolute atomic E-state index is 0.216. The fraction of sp³-hybridized carbons (Fsp3) is 0.316. The van der Waals surface area contributed by atoms with E-state index in [1.165, 1.54) is 18.4 Å². The standard InChI is InChI=1S/C19H23FN4O2S/c1-27(25,26)18-5-3-2-4-15(18)14-22-19(21)24-12-10-23(11-13-24)17-8-6-16(20)7-9-17/h2-9H,10-14H2,1H3,(H2,21,22). The number of guanidine groups is 1. The molecule has 1 fully saturated rings. The molecular formula is C19H23FN4O2S. The molecule has 2 aromatic rings. The maximum Gasteiger partial charge on any atom is 0.191 e. The molecule has 0 spiro atoms. The zero-order chi connectivity index (χ0) is 19.4. The van der Waals surface area contributed by atoms with Crippen molar-refractivity contribution >= 4 is 21.5 Å². The summed E-state index contributed by atoms with van der Waals surface area (Å²) in [4.78, 5) is 8.81. The van der Waals surface area contributed by atoms with Crippen molar-refractivity contribution in [3.63, 3.8) is 0 Å². The van der Waals surface area contributed by atoms with E-state index >= 15 is 0 Å². The van der Waals surface area contributed by atoms with Gasteiger partial charge in [0.1, 0.15) is 5.82 Å². The number of benzene rings is 2. The van der Waals surface area contributed by atoms with E-state index in [4.69, 9.17) is 5.73 Å². The first-order valence-corrected chi connectivity index (χ1v) is 10.6. The smallest absolute Gasteiger partial charge is 0.191 e. The highest BCUT2D eigenvalue weighted by atomic mass is 32.2. The molecule has 2 aromatic carbocycles. The van der Waals surface area contributed by atoms with Crippen LogP contribution in [-0.4, -0.2) is 51.7 Å². The van der Waals surface area contributed by atoms with Crippen LogP contribution in [0.1, 0.15) is 5.56 Å². The molecule has 0 aromatic heterocycles. The SMILES string of the molecule is CS(=O)(=O)c1ccccc1CN=C(N)N1CCN(c2ccc(F)cc2)CC1. The van der Waals surface area contributed by atoms with Gasteiger partial charge in [0, 0.05) is 38.1 Å². The third-order valence-corrected chi connectivity index (χ3v) is 5.78. The largest absolute Gasteiger partial charge is 0.370 e. The third kappa shape index (κ3) is 4.77. The Kier molecular flexibility index (Phi) is 5.65. The number of sulfone groups is 1. The van der Waals surface area contributed by atoms with Crippen molar-refractivity contribution in [1.82, 2.24) is 4.90 Å². The van der Waals surface area contributed by atoms with Crippen LogP contribution >= 0.6 is 0 Å². The van der Waals surface area contributed by atoms with E-state index in [0.29, 0.717) is 24.6 Å². The Hall–Kier alpha value is -2.61. The number of piperazine rings is 1. The van der Waals surface area contributed by atoms with Gasteiger partial charge in [0.05, 0.1) is 11.4 Å². The topological polar surface area (TPSA) is 79.0 Å². The molecule has 1 saturated heterocycles. The summed E-state index contributed by atoms with van der Waals surface area (Å²) in [6.45, 7) is 3.11. The predicted octanol–water partition coefficient (Wildman–Crippen LogP) is 1.87. The van der Waals surface area contributed by atoms with Gasteiger partial charge in [-0.1, -0.05) is 18.2 Å². The Morgan fingerprint density at radius 1 is 1.07 bits per heavy atom. The van der Waals surface area contributed by atoms with E-state index in [1.807, 2.05) is 4.90 Å². The lowest BCUT2D eigenvalue weighted by atomic mass is 10.2. The minimum atomic E-state index is -3.30. The van der Waals surface area contributed by atoms with Crippen molar-refractivity contribution < 1.29 is 12.8 Å². The normalized spacial score (nSPS) is 15.9. The summed E-state index contributed by atoms with van der Waals surface area (Å²) in [5, 5.41) is 0. The van der Waals surface area contributed by atoms with Crippen LogP contribution in [0.4, 0.5) is 10.1 Å². The number of nitrogens with zero attached hydrogens (tertiary/aromatic N) is 3. The molecular weight excluding hydrogens is 367 g/mol. The van der Waals surface area contributed by atoms with E-state index in [1.54, 1.807) is 36.4 Å². The summed E-state index contributed by atoms with van der Waals surface area (Å²) in [5.74, 6) is 0.153. The van der Waals surface area contributed by atoms with Gasteiger partial charge in [-0.15, -0.1) is 0 Å². The second kappa shape index (κ2) is 7.96. The molecule has 0 saturated carbocycles. The molecule has 2 N–H and O–H groups in total. The first-order chi connectivity index (χ1) is 12.8. The molecule has 1 aliphatic rings. The first-order valence-electron chi connectivity index (χ1n) is 8.68. The number of hydrogen-bond donors (Lipinski definition) is 1. The van der Waals surface area contributed by atoms with Gasteiger partial charge in [-0.2, -0.15) is 0 Å². The monoisotopic (exact) mass is 390 g/mol. The molecule has 144 valence electrons. The van der Waals surface area contributed by atoms with Crippen molar-refractivity contribution in [2.75, 3.05) is 37.3 Å². The molecule has 1 aliphatic heterocycles. The average Bonchev–Trinajstić information content (AvgIpc) is 2.66. The zero-order valence-corrected chi connectivity index (χ0v) is 16.0. The lowest BCUT2D eigenvalue weighted by Crippen LogP contribution is -2.51. The molecule has 0 aliphatic carbocycles. The van der Waals surface area contributed by atoms with Crippen molar-refractivity contribution in [1.29, 1.82) is 0 Å². The number of anilines is 1. The number of halogens is 1. The Morgan fingerprint density at radius 3 is 2.33 bits per heavy atom.